The van der Waals surface area contributed by atoms with Gasteiger partial charge in [0.05, 0.1) is 21.5 Å². The highest BCUT2D eigenvalue weighted by atomic mass is 16.6. The van der Waals surface area contributed by atoms with E-state index in [2.05, 4.69) is 4.98 Å². The molecule has 27 heavy (non-hydrogen) atoms. The average molecular weight is 357 g/mol. The van der Waals surface area contributed by atoms with Crippen LogP contribution in [0.2, 0.25) is 0 Å². The van der Waals surface area contributed by atoms with Gasteiger partial charge in [0, 0.05) is 18.6 Å². The third-order valence-electron chi connectivity index (χ3n) is 4.35. The van der Waals surface area contributed by atoms with E-state index in [4.69, 9.17) is 0 Å². The van der Waals surface area contributed by atoms with Gasteiger partial charge in [-0.3, -0.25) is 19.5 Å². The molecule has 0 saturated heterocycles. The van der Waals surface area contributed by atoms with E-state index in [1.54, 1.807) is 30.3 Å². The monoisotopic (exact) mass is 357 g/mol. The first-order chi connectivity index (χ1) is 13.1. The van der Waals surface area contributed by atoms with Crippen LogP contribution in [0.1, 0.15) is 11.4 Å². The van der Waals surface area contributed by atoms with Gasteiger partial charge in [-0.1, -0.05) is 48.5 Å². The predicted molar refractivity (Wildman–Crippen MR) is 103 cm³/mol. The Balaban J connectivity index is 1.98. The molecular weight excluding hydrogens is 342 g/mol. The molecule has 0 aliphatic carbocycles. The highest BCUT2D eigenvalue weighted by Crippen LogP contribution is 2.19. The number of nitrogens with zero attached hydrogens (tertiary/aromatic N) is 3. The Morgan fingerprint density at radius 1 is 0.926 bits per heavy atom. The van der Waals surface area contributed by atoms with E-state index in [0.717, 1.165) is 5.56 Å². The Labute approximate surface area is 154 Å². The number of aromatic nitrogens is 2. The first-order valence-electron chi connectivity index (χ1n) is 8.43. The summed E-state index contributed by atoms with van der Waals surface area (Å²) in [6.07, 6.45) is 0.434. The fourth-order valence-corrected chi connectivity index (χ4v) is 3.09. The van der Waals surface area contributed by atoms with Crippen LogP contribution < -0.4 is 5.56 Å². The lowest BCUT2D eigenvalue weighted by molar-refractivity contribution is -0.384. The molecule has 0 N–H and O–H groups in total. The van der Waals surface area contributed by atoms with Gasteiger partial charge in [0.1, 0.15) is 5.82 Å². The number of benzene rings is 3. The van der Waals surface area contributed by atoms with Gasteiger partial charge in [-0.15, -0.1) is 0 Å². The van der Waals surface area contributed by atoms with Crippen LogP contribution in [0.25, 0.3) is 16.6 Å². The Kier molecular flexibility index (Phi) is 4.22. The standard InChI is InChI=1S/C21H15N3O3/c25-21-18-11-4-5-12-19(18)22-20(13-15-7-2-1-3-8-15)23(21)16-9-6-10-17(14-16)24(26)27/h1-12,14H,13H2. The molecule has 132 valence electrons. The zero-order valence-electron chi connectivity index (χ0n) is 14.3. The van der Waals surface area contributed by atoms with Crippen LogP contribution in [0, 0.1) is 10.1 Å². The molecule has 4 rings (SSSR count). The van der Waals surface area contributed by atoms with Crippen molar-refractivity contribution in [1.82, 2.24) is 9.55 Å². The second-order valence-electron chi connectivity index (χ2n) is 6.13. The minimum Gasteiger partial charge on any atom is -0.268 e. The molecule has 0 aliphatic rings. The van der Waals surface area contributed by atoms with Gasteiger partial charge in [-0.2, -0.15) is 0 Å². The molecule has 1 heterocycles. The van der Waals surface area contributed by atoms with Gasteiger partial charge >= 0.3 is 0 Å². The second-order valence-corrected chi connectivity index (χ2v) is 6.13. The molecule has 4 aromatic rings. The van der Waals surface area contributed by atoms with E-state index in [9.17, 15) is 14.9 Å². The molecule has 0 unspecified atom stereocenters. The van der Waals surface area contributed by atoms with Crippen LogP contribution in [-0.2, 0) is 6.42 Å². The Morgan fingerprint density at radius 2 is 1.67 bits per heavy atom. The van der Waals surface area contributed by atoms with E-state index in [1.807, 2.05) is 36.4 Å². The third kappa shape index (κ3) is 3.20. The smallest absolute Gasteiger partial charge is 0.268 e. The molecule has 0 atom stereocenters. The number of hydrogen-bond donors (Lipinski definition) is 0. The second kappa shape index (κ2) is 6.84. The average Bonchev–Trinajstić information content (AvgIpc) is 2.69. The van der Waals surface area contributed by atoms with Crippen LogP contribution in [0.3, 0.4) is 0 Å². The highest BCUT2D eigenvalue weighted by Gasteiger charge is 2.15. The van der Waals surface area contributed by atoms with Crippen molar-refractivity contribution in [2.24, 2.45) is 0 Å². The lowest BCUT2D eigenvalue weighted by Gasteiger charge is -2.14. The van der Waals surface area contributed by atoms with Gasteiger partial charge in [0.15, 0.2) is 0 Å². The maximum atomic E-state index is 13.2. The van der Waals surface area contributed by atoms with Crippen molar-refractivity contribution in [2.45, 2.75) is 6.42 Å². The molecule has 0 aliphatic heterocycles. The van der Waals surface area contributed by atoms with Crippen molar-refractivity contribution in [3.05, 3.63) is 111 Å². The summed E-state index contributed by atoms with van der Waals surface area (Å²) in [5.74, 6) is 0.533. The predicted octanol–water partition coefficient (Wildman–Crippen LogP) is 3.88. The number of hydrogen-bond acceptors (Lipinski definition) is 4. The van der Waals surface area contributed by atoms with Crippen LogP contribution in [0.5, 0.6) is 0 Å². The minimum absolute atomic E-state index is 0.0711. The van der Waals surface area contributed by atoms with Crippen LogP contribution in [0.15, 0.2) is 83.7 Å². The summed E-state index contributed by atoms with van der Waals surface area (Å²) in [7, 11) is 0. The fraction of sp³-hybridized carbons (Fsp3) is 0.0476. The van der Waals surface area contributed by atoms with Gasteiger partial charge in [0.2, 0.25) is 0 Å². The van der Waals surface area contributed by atoms with E-state index in [1.165, 1.54) is 16.7 Å². The molecule has 0 fully saturated rings. The number of non-ortho nitro benzene ring substituents is 1. The Hall–Kier alpha value is -3.80. The topological polar surface area (TPSA) is 78.0 Å². The van der Waals surface area contributed by atoms with Crippen LogP contribution in [0.4, 0.5) is 5.69 Å². The molecule has 0 amide bonds. The number of para-hydroxylation sites is 1. The summed E-state index contributed by atoms with van der Waals surface area (Å²) >= 11 is 0. The molecular formula is C21H15N3O3. The lowest BCUT2D eigenvalue weighted by Crippen LogP contribution is -2.24. The summed E-state index contributed by atoms with van der Waals surface area (Å²) in [6.45, 7) is 0. The summed E-state index contributed by atoms with van der Waals surface area (Å²) in [5.41, 5.74) is 1.72. The van der Waals surface area contributed by atoms with Crippen molar-refractivity contribution in [2.75, 3.05) is 0 Å². The van der Waals surface area contributed by atoms with Crippen LogP contribution in [-0.4, -0.2) is 14.5 Å². The van der Waals surface area contributed by atoms with Crippen LogP contribution >= 0.6 is 0 Å². The van der Waals surface area contributed by atoms with Gasteiger partial charge in [-0.05, 0) is 23.8 Å². The first kappa shape index (κ1) is 16.7. The SMILES string of the molecule is O=c1c2ccccc2nc(Cc2ccccc2)n1-c1cccc([N+](=O)[O-])c1. The molecule has 0 saturated carbocycles. The summed E-state index contributed by atoms with van der Waals surface area (Å²) < 4.78 is 1.46. The first-order valence-corrected chi connectivity index (χ1v) is 8.43. The third-order valence-corrected chi connectivity index (χ3v) is 4.35. The van der Waals surface area contributed by atoms with Crippen molar-refractivity contribution in [1.29, 1.82) is 0 Å². The Morgan fingerprint density at radius 3 is 2.44 bits per heavy atom. The molecule has 0 bridgehead atoms. The van der Waals surface area contributed by atoms with Gasteiger partial charge in [-0.25, -0.2) is 4.98 Å². The molecule has 6 heteroatoms. The molecule has 6 nitrogen and oxygen atoms in total. The number of nitro benzene ring substituents is 1. The minimum atomic E-state index is -0.472. The molecule has 1 aromatic heterocycles. The van der Waals surface area contributed by atoms with Gasteiger partial charge in [0.25, 0.3) is 11.2 Å². The van der Waals surface area contributed by atoms with E-state index in [0.29, 0.717) is 28.8 Å². The fourth-order valence-electron chi connectivity index (χ4n) is 3.09. The molecule has 0 spiro atoms. The molecule has 0 radical (unpaired) electrons. The highest BCUT2D eigenvalue weighted by molar-refractivity contribution is 5.78. The summed E-state index contributed by atoms with van der Waals surface area (Å²) in [4.78, 5) is 28.5. The Bertz CT molecular complexity index is 1200. The quantitative estimate of drug-likeness (QED) is 0.410. The largest absolute Gasteiger partial charge is 0.271 e. The maximum absolute atomic E-state index is 13.2. The zero-order chi connectivity index (χ0) is 18.8. The van der Waals surface area contributed by atoms with E-state index >= 15 is 0 Å². The van der Waals surface area contributed by atoms with Crippen molar-refractivity contribution in [3.8, 4) is 5.69 Å². The maximum Gasteiger partial charge on any atom is 0.271 e. The van der Waals surface area contributed by atoms with Crippen molar-refractivity contribution in [3.63, 3.8) is 0 Å². The lowest BCUT2D eigenvalue weighted by atomic mass is 10.1. The van der Waals surface area contributed by atoms with E-state index in [-0.39, 0.29) is 11.2 Å². The number of nitro groups is 1. The van der Waals surface area contributed by atoms with Crippen molar-refractivity contribution >= 4 is 16.6 Å². The summed E-state index contributed by atoms with van der Waals surface area (Å²) in [5, 5.41) is 11.6. The number of rotatable bonds is 4. The van der Waals surface area contributed by atoms with E-state index < -0.39 is 4.92 Å². The number of fused-ring (bicyclic) bond motifs is 1. The van der Waals surface area contributed by atoms with Crippen molar-refractivity contribution < 1.29 is 4.92 Å². The zero-order valence-corrected chi connectivity index (χ0v) is 14.3. The van der Waals surface area contributed by atoms with Gasteiger partial charge < -0.3 is 0 Å². The summed E-state index contributed by atoms with van der Waals surface area (Å²) in [6, 6.07) is 22.8. The normalized spacial score (nSPS) is 10.8. The molecule has 3 aromatic carbocycles.